The van der Waals surface area contributed by atoms with Crippen LogP contribution in [-0.4, -0.2) is 24.9 Å². The van der Waals surface area contributed by atoms with E-state index in [4.69, 9.17) is 0 Å². The van der Waals surface area contributed by atoms with Crippen LogP contribution in [0.15, 0.2) is 59.5 Å². The van der Waals surface area contributed by atoms with Crippen molar-refractivity contribution in [3.63, 3.8) is 0 Å². The van der Waals surface area contributed by atoms with Crippen LogP contribution in [0.5, 0.6) is 0 Å². The van der Waals surface area contributed by atoms with Crippen molar-refractivity contribution in [1.29, 1.82) is 0 Å². The lowest BCUT2D eigenvalue weighted by Gasteiger charge is -2.25. The van der Waals surface area contributed by atoms with Crippen molar-refractivity contribution in [2.24, 2.45) is 0 Å². The number of aliphatic hydroxyl groups excluding tert-OH is 1. The van der Waals surface area contributed by atoms with Crippen LogP contribution in [0.4, 0.5) is 0 Å². The third kappa shape index (κ3) is 2.18. The molecule has 1 N–H and O–H groups in total. The van der Waals surface area contributed by atoms with Gasteiger partial charge in [0, 0.05) is 0 Å². The van der Waals surface area contributed by atoms with Gasteiger partial charge in [0.2, 0.25) is 0 Å². The van der Waals surface area contributed by atoms with Crippen LogP contribution in [-0.2, 0) is 9.84 Å². The van der Waals surface area contributed by atoms with Gasteiger partial charge < -0.3 is 5.11 Å². The molecule has 2 atom stereocenters. The standard InChI is InChI=1S/C13H14O3S/c1-10-6-5-9-12(14)13(10)17(15,16)11-7-3-2-4-8-11/h2-5,7-9,12-14H,1,6H2/t12-,13-/m0/s1. The molecule has 1 aromatic rings. The molecule has 0 saturated heterocycles. The Morgan fingerprint density at radius 1 is 1.24 bits per heavy atom. The molecule has 0 spiro atoms. The van der Waals surface area contributed by atoms with Gasteiger partial charge in [-0.1, -0.05) is 42.5 Å². The first-order chi connectivity index (χ1) is 8.03. The zero-order valence-corrected chi connectivity index (χ0v) is 10.1. The first-order valence-corrected chi connectivity index (χ1v) is 6.89. The lowest BCUT2D eigenvalue weighted by atomic mass is 10.00. The molecule has 0 heterocycles. The number of rotatable bonds is 2. The summed E-state index contributed by atoms with van der Waals surface area (Å²) in [7, 11) is -3.56. The Hall–Kier alpha value is -1.39. The highest BCUT2D eigenvalue weighted by atomic mass is 32.2. The summed E-state index contributed by atoms with van der Waals surface area (Å²) in [6, 6.07) is 8.16. The summed E-state index contributed by atoms with van der Waals surface area (Å²) in [5.74, 6) is 0. The number of hydrogen-bond acceptors (Lipinski definition) is 3. The topological polar surface area (TPSA) is 54.4 Å². The van der Waals surface area contributed by atoms with E-state index < -0.39 is 21.2 Å². The molecule has 0 bridgehead atoms. The molecule has 0 aromatic heterocycles. The summed E-state index contributed by atoms with van der Waals surface area (Å²) in [6.07, 6.45) is 2.74. The van der Waals surface area contributed by atoms with E-state index in [1.54, 1.807) is 24.3 Å². The van der Waals surface area contributed by atoms with Gasteiger partial charge in [-0.15, -0.1) is 0 Å². The van der Waals surface area contributed by atoms with Crippen LogP contribution in [0.3, 0.4) is 0 Å². The third-order valence-corrected chi connectivity index (χ3v) is 5.04. The SMILES string of the molecule is C=C1CC=C[C@H](O)[C@H]1S(=O)(=O)c1ccccc1. The second kappa shape index (κ2) is 4.47. The molecule has 0 aliphatic heterocycles. The Morgan fingerprint density at radius 2 is 1.88 bits per heavy atom. The molecule has 0 fully saturated rings. The zero-order chi connectivity index (χ0) is 12.5. The zero-order valence-electron chi connectivity index (χ0n) is 9.28. The maximum Gasteiger partial charge on any atom is 0.187 e. The summed E-state index contributed by atoms with van der Waals surface area (Å²) < 4.78 is 24.7. The first-order valence-electron chi connectivity index (χ1n) is 5.35. The molecule has 0 saturated carbocycles. The molecule has 4 heteroatoms. The predicted octanol–water partition coefficient (Wildman–Crippen LogP) is 1.71. The third-order valence-electron chi connectivity index (χ3n) is 2.83. The second-order valence-corrected chi connectivity index (χ2v) is 6.13. The van der Waals surface area contributed by atoms with Crippen LogP contribution >= 0.6 is 0 Å². The summed E-state index contributed by atoms with van der Waals surface area (Å²) in [6.45, 7) is 3.75. The van der Waals surface area contributed by atoms with E-state index in [1.165, 1.54) is 18.2 Å². The van der Waals surface area contributed by atoms with Gasteiger partial charge in [0.25, 0.3) is 0 Å². The smallest absolute Gasteiger partial charge is 0.187 e. The largest absolute Gasteiger partial charge is 0.387 e. The Balaban J connectivity index is 2.46. The van der Waals surface area contributed by atoms with Gasteiger partial charge in [-0.3, -0.25) is 0 Å². The minimum absolute atomic E-state index is 0.223. The number of allylic oxidation sites excluding steroid dienone is 1. The summed E-state index contributed by atoms with van der Waals surface area (Å²) >= 11 is 0. The van der Waals surface area contributed by atoms with Crippen molar-refractivity contribution in [3.05, 3.63) is 54.6 Å². The fourth-order valence-corrected chi connectivity index (χ4v) is 3.80. The van der Waals surface area contributed by atoms with Crippen molar-refractivity contribution < 1.29 is 13.5 Å². The number of benzene rings is 1. The van der Waals surface area contributed by atoms with E-state index in [-0.39, 0.29) is 4.90 Å². The van der Waals surface area contributed by atoms with E-state index in [0.29, 0.717) is 12.0 Å². The number of aliphatic hydroxyl groups is 1. The second-order valence-electron chi connectivity index (χ2n) is 4.06. The fourth-order valence-electron chi connectivity index (χ4n) is 1.98. The van der Waals surface area contributed by atoms with Gasteiger partial charge in [0.05, 0.1) is 11.0 Å². The maximum absolute atomic E-state index is 12.4. The van der Waals surface area contributed by atoms with Crippen LogP contribution in [0.1, 0.15) is 6.42 Å². The van der Waals surface area contributed by atoms with Gasteiger partial charge in [-0.05, 0) is 18.6 Å². The molecule has 1 aromatic carbocycles. The van der Waals surface area contributed by atoms with Gasteiger partial charge >= 0.3 is 0 Å². The molecule has 1 aliphatic rings. The fraction of sp³-hybridized carbons (Fsp3) is 0.231. The molecule has 0 radical (unpaired) electrons. The molecule has 0 amide bonds. The average Bonchev–Trinajstić information content (AvgIpc) is 2.29. The lowest BCUT2D eigenvalue weighted by molar-refractivity contribution is 0.221. The van der Waals surface area contributed by atoms with Crippen molar-refractivity contribution in [3.8, 4) is 0 Å². The van der Waals surface area contributed by atoms with E-state index >= 15 is 0 Å². The van der Waals surface area contributed by atoms with Crippen LogP contribution in [0.25, 0.3) is 0 Å². The number of hydrogen-bond donors (Lipinski definition) is 1. The van der Waals surface area contributed by atoms with Gasteiger partial charge in [0.15, 0.2) is 9.84 Å². The normalized spacial score (nSPS) is 24.9. The minimum atomic E-state index is -3.56. The highest BCUT2D eigenvalue weighted by molar-refractivity contribution is 7.92. The van der Waals surface area contributed by atoms with Gasteiger partial charge in [0.1, 0.15) is 5.25 Å². The lowest BCUT2D eigenvalue weighted by Crippen LogP contribution is -2.36. The van der Waals surface area contributed by atoms with E-state index in [2.05, 4.69) is 6.58 Å². The van der Waals surface area contributed by atoms with E-state index in [1.807, 2.05) is 0 Å². The molecule has 0 unspecified atom stereocenters. The monoisotopic (exact) mass is 250 g/mol. The summed E-state index contributed by atoms with van der Waals surface area (Å²) in [5.41, 5.74) is 0.531. The molecule has 17 heavy (non-hydrogen) atoms. The van der Waals surface area contributed by atoms with Crippen LogP contribution in [0, 0.1) is 0 Å². The summed E-state index contributed by atoms with van der Waals surface area (Å²) in [4.78, 5) is 0.223. The van der Waals surface area contributed by atoms with Gasteiger partial charge in [-0.25, -0.2) is 8.42 Å². The average molecular weight is 250 g/mol. The molecular formula is C13H14O3S. The Labute approximate surface area is 101 Å². The molecule has 90 valence electrons. The highest BCUT2D eigenvalue weighted by Crippen LogP contribution is 2.28. The number of sulfone groups is 1. The van der Waals surface area contributed by atoms with Crippen molar-refractivity contribution in [1.82, 2.24) is 0 Å². The van der Waals surface area contributed by atoms with Crippen molar-refractivity contribution in [2.75, 3.05) is 0 Å². The van der Waals surface area contributed by atoms with Crippen molar-refractivity contribution in [2.45, 2.75) is 22.7 Å². The Kier molecular flexibility index (Phi) is 3.17. The first kappa shape index (κ1) is 12.1. The Morgan fingerprint density at radius 3 is 2.47 bits per heavy atom. The Bertz CT molecular complexity index is 543. The van der Waals surface area contributed by atoms with E-state index in [9.17, 15) is 13.5 Å². The maximum atomic E-state index is 12.4. The summed E-state index contributed by atoms with van der Waals surface area (Å²) in [5, 5.41) is 8.87. The molecule has 1 aliphatic carbocycles. The molecular weight excluding hydrogens is 236 g/mol. The van der Waals surface area contributed by atoms with Crippen molar-refractivity contribution >= 4 is 9.84 Å². The molecule has 3 nitrogen and oxygen atoms in total. The quantitative estimate of drug-likeness (QED) is 0.813. The van der Waals surface area contributed by atoms with Gasteiger partial charge in [-0.2, -0.15) is 0 Å². The highest BCUT2D eigenvalue weighted by Gasteiger charge is 2.35. The van der Waals surface area contributed by atoms with Crippen LogP contribution in [0.2, 0.25) is 0 Å². The minimum Gasteiger partial charge on any atom is -0.387 e. The van der Waals surface area contributed by atoms with E-state index in [0.717, 1.165) is 0 Å². The predicted molar refractivity (Wildman–Crippen MR) is 66.3 cm³/mol. The molecule has 2 rings (SSSR count). The van der Waals surface area contributed by atoms with Crippen LogP contribution < -0.4 is 0 Å².